The highest BCUT2D eigenvalue weighted by Crippen LogP contribution is 2.38. The average Bonchev–Trinajstić information content (AvgIpc) is 3.96. The van der Waals surface area contributed by atoms with Crippen molar-refractivity contribution in [2.75, 3.05) is 47.4 Å². The van der Waals surface area contributed by atoms with E-state index in [1.807, 2.05) is 29.9 Å². The summed E-state index contributed by atoms with van der Waals surface area (Å²) in [6, 6.07) is 16.6. The first kappa shape index (κ1) is 47.1. The van der Waals surface area contributed by atoms with Crippen molar-refractivity contribution in [2.45, 2.75) is 56.1 Å². The van der Waals surface area contributed by atoms with Crippen LogP contribution in [0.1, 0.15) is 52.7 Å². The van der Waals surface area contributed by atoms with Crippen molar-refractivity contribution < 1.29 is 48.5 Å². The summed E-state index contributed by atoms with van der Waals surface area (Å²) < 4.78 is 17.3. The lowest BCUT2D eigenvalue weighted by atomic mass is 9.91. The minimum atomic E-state index is -1.82. The van der Waals surface area contributed by atoms with Gasteiger partial charge in [0.1, 0.15) is 23.4 Å². The number of phenolic OH excluding ortho intramolecular Hbond substituents is 1. The van der Waals surface area contributed by atoms with Crippen LogP contribution in [0.4, 0.5) is 9.41 Å². The highest BCUT2D eigenvalue weighted by atomic mass is 35.5. The number of pyridine rings is 1. The number of nitrogens with zero attached hydrogens (tertiary/aromatic N) is 2. The first-order valence-corrected chi connectivity index (χ1v) is 20.7. The maximum Gasteiger partial charge on any atom is 0.349 e. The number of fused-ring (bicyclic) bond motifs is 1. The number of aromatic amines is 1. The molecule has 13 nitrogen and oxygen atoms in total. The Balaban J connectivity index is 0.00000384. The fraction of sp³-hybridized carbons (Fsp3) is 0.390. The number of aliphatic hydroxyl groups is 2. The zero-order valence-corrected chi connectivity index (χ0v) is 35.1. The van der Waals surface area contributed by atoms with E-state index in [1.54, 1.807) is 48.3 Å². The van der Waals surface area contributed by atoms with Gasteiger partial charge in [0.2, 0.25) is 11.2 Å². The number of hydrogen-bond donors (Lipinski definition) is 5. The van der Waals surface area contributed by atoms with Crippen LogP contribution in [0, 0.1) is 0 Å². The Morgan fingerprint density at radius 3 is 2.29 bits per heavy atom. The second-order valence-electron chi connectivity index (χ2n) is 14.1. The van der Waals surface area contributed by atoms with Crippen LogP contribution in [0.15, 0.2) is 76.2 Å². The van der Waals surface area contributed by atoms with Crippen LogP contribution in [0.25, 0.3) is 10.9 Å². The molecule has 2 aromatic carbocycles. The minimum absolute atomic E-state index is 0. The number of phenols is 1. The molecule has 3 heterocycles. The molecule has 5 aromatic rings. The lowest BCUT2D eigenvalue weighted by Gasteiger charge is -2.36. The number of esters is 1. The van der Waals surface area contributed by atoms with E-state index < -0.39 is 17.7 Å². The summed E-state index contributed by atoms with van der Waals surface area (Å²) in [5, 5.41) is 40.3. The van der Waals surface area contributed by atoms with Crippen LogP contribution in [-0.2, 0) is 26.5 Å². The van der Waals surface area contributed by atoms with E-state index in [4.69, 9.17) is 25.8 Å². The molecule has 320 valence electrons. The fourth-order valence-electron chi connectivity index (χ4n) is 7.01. The molecule has 0 saturated heterocycles. The molecule has 59 heavy (non-hydrogen) atoms. The van der Waals surface area contributed by atoms with Crippen molar-refractivity contribution in [3.05, 3.63) is 108 Å². The lowest BCUT2D eigenvalue weighted by Crippen LogP contribution is -2.44. The van der Waals surface area contributed by atoms with Gasteiger partial charge in [-0.3, -0.25) is 19.0 Å². The van der Waals surface area contributed by atoms with Gasteiger partial charge in [-0.1, -0.05) is 29.8 Å². The van der Waals surface area contributed by atoms with Gasteiger partial charge in [0, 0.05) is 62.4 Å². The topological polar surface area (TPSA) is 174 Å². The number of ether oxygens (including phenoxy) is 3. The molecule has 1 aliphatic rings. The Bertz CT molecular complexity index is 2170. The molecule has 0 bridgehead atoms. The zero-order chi connectivity index (χ0) is 40.7. The van der Waals surface area contributed by atoms with E-state index in [2.05, 4.69) is 15.2 Å². The van der Waals surface area contributed by atoms with Crippen molar-refractivity contribution >= 4 is 57.1 Å². The molecule has 0 radical (unpaired) electrons. The number of aromatic hydroxyl groups is 1. The van der Waals surface area contributed by atoms with Crippen LogP contribution in [0.2, 0.25) is 5.02 Å². The number of aliphatic hydroxyl groups excluding tert-OH is 1. The molecular formula is C41H49ClF2N4O9S2. The Morgan fingerprint density at radius 1 is 0.983 bits per heavy atom. The summed E-state index contributed by atoms with van der Waals surface area (Å²) in [5.41, 5.74) is -0.671. The van der Waals surface area contributed by atoms with Crippen molar-refractivity contribution in [1.29, 1.82) is 0 Å². The Kier molecular flexibility index (Phi) is 16.8. The van der Waals surface area contributed by atoms with Gasteiger partial charge in [-0.15, -0.1) is 22.7 Å². The van der Waals surface area contributed by atoms with Gasteiger partial charge in [-0.05, 0) is 79.4 Å². The van der Waals surface area contributed by atoms with Gasteiger partial charge in [-0.2, -0.15) is 0 Å². The van der Waals surface area contributed by atoms with Gasteiger partial charge in [-0.25, -0.2) is 4.79 Å². The minimum Gasteiger partial charge on any atom is -0.506 e. The largest absolute Gasteiger partial charge is 0.506 e. The Hall–Kier alpha value is -4.62. The summed E-state index contributed by atoms with van der Waals surface area (Å²) >= 11 is 9.21. The van der Waals surface area contributed by atoms with Crippen LogP contribution < -0.4 is 20.3 Å². The second-order valence-corrected chi connectivity index (χ2v) is 16.4. The molecule has 1 atom stereocenters. The molecule has 18 heteroatoms. The molecule has 6 rings (SSSR count). The fourth-order valence-corrected chi connectivity index (χ4v) is 8.97. The number of rotatable bonds is 17. The molecule has 1 aliphatic carbocycles. The van der Waals surface area contributed by atoms with Gasteiger partial charge >= 0.3 is 5.97 Å². The van der Waals surface area contributed by atoms with E-state index in [0.29, 0.717) is 75.3 Å². The van der Waals surface area contributed by atoms with E-state index in [0.717, 1.165) is 12.8 Å². The number of methoxy groups -OCH3 is 1. The molecule has 0 aliphatic heterocycles. The number of hydrogen-bond acceptors (Lipinski definition) is 13. The van der Waals surface area contributed by atoms with E-state index in [9.17, 15) is 29.7 Å². The number of likely N-dealkylation sites (N-methyl/N-ethyl adjacent to an activating group) is 2. The monoisotopic (exact) mass is 878 g/mol. The number of thiophene rings is 2. The van der Waals surface area contributed by atoms with Crippen LogP contribution >= 0.6 is 34.3 Å². The number of carbonyl (C=O) groups is 2. The number of amides is 1. The van der Waals surface area contributed by atoms with E-state index in [-0.39, 0.29) is 57.4 Å². The second kappa shape index (κ2) is 21.1. The van der Waals surface area contributed by atoms with Gasteiger partial charge in [0.15, 0.2) is 6.61 Å². The van der Waals surface area contributed by atoms with Gasteiger partial charge < -0.3 is 49.6 Å². The number of aromatic nitrogens is 1. The predicted octanol–water partition coefficient (Wildman–Crippen LogP) is 5.71. The third kappa shape index (κ3) is 11.0. The maximum absolute atomic E-state index is 13.4. The average molecular weight is 879 g/mol. The first-order chi connectivity index (χ1) is 27.4. The number of carbonyl (C=O) groups excluding carboxylic acids is 2. The standard InChI is InChI=1S/C41H47ClN4O9S2.2FH/c1-45(26-8-10-27(11-9-26)55-40(51)41(52,35-6-4-18-56-35)36-7-5-19-57-36)16-17-46(2)38(50)24-54-34-21-33(53-3)25(20-30(34)42)22-43-23-32(48)28-12-14-31(47)39-29(28)13-15-37(49)44-39;;/h4-7,12-15,18-21,26-27,32,43,47-48,52H,8-11,16-17,22-24H2,1-3H3,(H,44,49);2*1H. The number of nitrogens with one attached hydrogen (secondary N) is 2. The van der Waals surface area contributed by atoms with Crippen molar-refractivity contribution in [3.63, 3.8) is 0 Å². The SMILES string of the molecule is COc1cc(OCC(=O)N(C)CCN(C)C2CCC(OC(=O)C(O)(c3cccs3)c3cccs3)CC2)c(Cl)cc1CNCC(O)c1ccc(O)c2[nH]c(=O)ccc12.F.F. The van der Waals surface area contributed by atoms with Crippen LogP contribution in [0.5, 0.6) is 17.2 Å². The zero-order valence-electron chi connectivity index (χ0n) is 32.7. The summed E-state index contributed by atoms with van der Waals surface area (Å²) in [7, 11) is 5.27. The third-order valence-electron chi connectivity index (χ3n) is 10.4. The molecule has 1 amide bonds. The van der Waals surface area contributed by atoms with Crippen molar-refractivity contribution in [1.82, 2.24) is 20.1 Å². The molecule has 3 aromatic heterocycles. The summed E-state index contributed by atoms with van der Waals surface area (Å²) in [5.74, 6) is -0.171. The number of halogens is 3. The smallest absolute Gasteiger partial charge is 0.349 e. The number of benzene rings is 2. The summed E-state index contributed by atoms with van der Waals surface area (Å²) in [6.45, 7) is 1.35. The Morgan fingerprint density at radius 2 is 1.66 bits per heavy atom. The van der Waals surface area contributed by atoms with Crippen LogP contribution in [-0.4, -0.2) is 102 Å². The highest BCUT2D eigenvalue weighted by Gasteiger charge is 2.45. The van der Waals surface area contributed by atoms with Gasteiger partial charge in [0.05, 0.1) is 33.5 Å². The maximum atomic E-state index is 13.4. The number of H-pyrrole nitrogens is 1. The molecule has 1 fully saturated rings. The lowest BCUT2D eigenvalue weighted by molar-refractivity contribution is -0.169. The molecule has 0 spiro atoms. The van der Waals surface area contributed by atoms with Crippen molar-refractivity contribution in [3.8, 4) is 17.2 Å². The van der Waals surface area contributed by atoms with Gasteiger partial charge in [0.25, 0.3) is 5.91 Å². The molecular weight excluding hydrogens is 830 g/mol. The normalized spacial score (nSPS) is 15.8. The van der Waals surface area contributed by atoms with Crippen LogP contribution in [0.3, 0.4) is 0 Å². The predicted molar refractivity (Wildman–Crippen MR) is 225 cm³/mol. The molecule has 1 unspecified atom stereocenters. The molecule has 5 N–H and O–H groups in total. The third-order valence-corrected chi connectivity index (χ3v) is 12.7. The van der Waals surface area contributed by atoms with E-state index >= 15 is 0 Å². The quantitative estimate of drug-likeness (QED) is 0.0725. The summed E-state index contributed by atoms with van der Waals surface area (Å²) in [6.07, 6.45) is 1.76. The highest BCUT2D eigenvalue weighted by molar-refractivity contribution is 7.12. The summed E-state index contributed by atoms with van der Waals surface area (Å²) in [4.78, 5) is 45.7. The molecule has 1 saturated carbocycles. The van der Waals surface area contributed by atoms with E-state index in [1.165, 1.54) is 41.9 Å². The van der Waals surface area contributed by atoms with Crippen molar-refractivity contribution in [2.24, 2.45) is 0 Å². The first-order valence-electron chi connectivity index (χ1n) is 18.6. The Labute approximate surface area is 352 Å².